The lowest BCUT2D eigenvalue weighted by atomic mass is 10.3. The Bertz CT molecular complexity index is 1320. The standard InChI is InChI=1S/C21H16N6OS/c1-26-12-14(11-22-26)20-23-17(13-29-20)19(28)25-21-24-16-9-5-6-10-18(16)27(21)15-7-3-2-4-8-15/h2-13H,1H3,(H,24,25,28). The van der Waals surface area contributed by atoms with E-state index in [1.54, 1.807) is 16.3 Å². The molecule has 0 bridgehead atoms. The molecule has 3 aromatic heterocycles. The summed E-state index contributed by atoms with van der Waals surface area (Å²) in [4.78, 5) is 22.0. The first-order valence-electron chi connectivity index (χ1n) is 8.98. The summed E-state index contributed by atoms with van der Waals surface area (Å²) in [5.41, 5.74) is 3.88. The molecule has 0 radical (unpaired) electrons. The number of aromatic nitrogens is 5. The Kier molecular flexibility index (Phi) is 4.18. The summed E-state index contributed by atoms with van der Waals surface area (Å²) in [7, 11) is 1.85. The molecule has 29 heavy (non-hydrogen) atoms. The molecule has 5 aromatic rings. The predicted molar refractivity (Wildman–Crippen MR) is 113 cm³/mol. The van der Waals surface area contributed by atoms with E-state index in [-0.39, 0.29) is 5.91 Å². The lowest BCUT2D eigenvalue weighted by Crippen LogP contribution is -2.16. The van der Waals surface area contributed by atoms with Crippen LogP contribution in [0.2, 0.25) is 0 Å². The number of thiazole rings is 1. The number of nitrogens with zero attached hydrogens (tertiary/aromatic N) is 5. The number of rotatable bonds is 4. The van der Waals surface area contributed by atoms with Crippen LogP contribution in [0.4, 0.5) is 5.95 Å². The Morgan fingerprint density at radius 2 is 1.83 bits per heavy atom. The van der Waals surface area contributed by atoms with E-state index < -0.39 is 0 Å². The van der Waals surface area contributed by atoms with Gasteiger partial charge in [-0.3, -0.25) is 19.4 Å². The second-order valence-corrected chi connectivity index (χ2v) is 7.35. The fourth-order valence-electron chi connectivity index (χ4n) is 3.16. The zero-order valence-corrected chi connectivity index (χ0v) is 16.3. The van der Waals surface area contributed by atoms with E-state index in [0.717, 1.165) is 27.3 Å². The van der Waals surface area contributed by atoms with E-state index in [1.165, 1.54) is 11.3 Å². The molecule has 3 heterocycles. The van der Waals surface area contributed by atoms with Crippen LogP contribution in [0.1, 0.15) is 10.5 Å². The molecule has 142 valence electrons. The van der Waals surface area contributed by atoms with Crippen LogP contribution in [0.25, 0.3) is 27.3 Å². The van der Waals surface area contributed by atoms with Gasteiger partial charge in [0.2, 0.25) is 5.95 Å². The quantitative estimate of drug-likeness (QED) is 0.492. The molecule has 0 aliphatic heterocycles. The van der Waals surface area contributed by atoms with Gasteiger partial charge in [0, 0.05) is 29.9 Å². The monoisotopic (exact) mass is 400 g/mol. The summed E-state index contributed by atoms with van der Waals surface area (Å²) < 4.78 is 3.64. The summed E-state index contributed by atoms with van der Waals surface area (Å²) in [6.45, 7) is 0. The summed E-state index contributed by atoms with van der Waals surface area (Å²) in [6, 6.07) is 17.6. The van der Waals surface area contributed by atoms with Gasteiger partial charge < -0.3 is 0 Å². The summed E-state index contributed by atoms with van der Waals surface area (Å²) >= 11 is 1.41. The molecule has 5 rings (SSSR count). The molecular formula is C21H16N6OS. The van der Waals surface area contributed by atoms with Gasteiger partial charge in [0.25, 0.3) is 5.91 Å². The molecule has 0 atom stereocenters. The largest absolute Gasteiger partial charge is 0.290 e. The number of nitrogens with one attached hydrogen (secondary N) is 1. The highest BCUT2D eigenvalue weighted by molar-refractivity contribution is 7.13. The highest BCUT2D eigenvalue weighted by Gasteiger charge is 2.18. The van der Waals surface area contributed by atoms with Gasteiger partial charge in [-0.1, -0.05) is 30.3 Å². The first-order valence-corrected chi connectivity index (χ1v) is 9.86. The van der Waals surface area contributed by atoms with Gasteiger partial charge in [0.1, 0.15) is 10.7 Å². The molecule has 1 N–H and O–H groups in total. The van der Waals surface area contributed by atoms with E-state index in [4.69, 9.17) is 0 Å². The molecule has 8 heteroatoms. The zero-order chi connectivity index (χ0) is 19.8. The molecule has 0 saturated carbocycles. The number of benzene rings is 2. The maximum absolute atomic E-state index is 12.9. The van der Waals surface area contributed by atoms with Gasteiger partial charge in [0.15, 0.2) is 0 Å². The summed E-state index contributed by atoms with van der Waals surface area (Å²) in [5, 5.41) is 9.57. The number of hydrogen-bond acceptors (Lipinski definition) is 5. The second-order valence-electron chi connectivity index (χ2n) is 6.49. The minimum atomic E-state index is -0.302. The molecule has 0 aliphatic carbocycles. The average molecular weight is 400 g/mol. The Morgan fingerprint density at radius 1 is 1.03 bits per heavy atom. The van der Waals surface area contributed by atoms with Crippen molar-refractivity contribution in [1.82, 2.24) is 24.3 Å². The Hall–Kier alpha value is -3.78. The highest BCUT2D eigenvalue weighted by atomic mass is 32.1. The first-order chi connectivity index (χ1) is 14.2. The van der Waals surface area contributed by atoms with E-state index in [2.05, 4.69) is 20.4 Å². The average Bonchev–Trinajstić information content (AvgIpc) is 3.46. The number of aryl methyl sites for hydroxylation is 1. The third-order valence-electron chi connectivity index (χ3n) is 4.49. The molecule has 0 saturated heterocycles. The molecule has 0 aliphatic rings. The SMILES string of the molecule is Cn1cc(-c2nc(C(=O)Nc3nc4ccccc4n3-c3ccccc3)cs2)cn1. The van der Waals surface area contributed by atoms with Gasteiger partial charge in [0.05, 0.1) is 17.2 Å². The third kappa shape index (κ3) is 3.19. The Balaban J connectivity index is 1.51. The molecular weight excluding hydrogens is 384 g/mol. The third-order valence-corrected chi connectivity index (χ3v) is 5.38. The lowest BCUT2D eigenvalue weighted by molar-refractivity contribution is 0.102. The van der Waals surface area contributed by atoms with E-state index in [0.29, 0.717) is 11.6 Å². The molecule has 0 unspecified atom stereocenters. The van der Waals surface area contributed by atoms with Gasteiger partial charge in [-0.2, -0.15) is 5.10 Å². The van der Waals surface area contributed by atoms with Crippen LogP contribution in [-0.2, 0) is 7.05 Å². The van der Waals surface area contributed by atoms with Crippen LogP contribution in [0, 0.1) is 0 Å². The van der Waals surface area contributed by atoms with Gasteiger partial charge in [-0.25, -0.2) is 9.97 Å². The van der Waals surface area contributed by atoms with Crippen LogP contribution >= 0.6 is 11.3 Å². The van der Waals surface area contributed by atoms with Crippen molar-refractivity contribution in [3.05, 3.63) is 78.1 Å². The molecule has 0 fully saturated rings. The number of amides is 1. The number of carbonyl (C=O) groups excluding carboxylic acids is 1. The topological polar surface area (TPSA) is 77.6 Å². The van der Waals surface area contributed by atoms with Crippen molar-refractivity contribution in [2.75, 3.05) is 5.32 Å². The van der Waals surface area contributed by atoms with Crippen molar-refractivity contribution in [3.8, 4) is 16.3 Å². The molecule has 2 aromatic carbocycles. The van der Waals surface area contributed by atoms with Crippen LogP contribution < -0.4 is 5.32 Å². The van der Waals surface area contributed by atoms with E-state index >= 15 is 0 Å². The zero-order valence-electron chi connectivity index (χ0n) is 15.5. The predicted octanol–water partition coefficient (Wildman–Crippen LogP) is 4.13. The fraction of sp³-hybridized carbons (Fsp3) is 0.0476. The highest BCUT2D eigenvalue weighted by Crippen LogP contribution is 2.26. The number of anilines is 1. The molecule has 0 spiro atoms. The minimum Gasteiger partial charge on any atom is -0.290 e. The Morgan fingerprint density at radius 3 is 2.62 bits per heavy atom. The Labute approximate surface area is 170 Å². The normalized spacial score (nSPS) is 11.1. The fourth-order valence-corrected chi connectivity index (χ4v) is 3.93. The van der Waals surface area contributed by atoms with Crippen LogP contribution in [0.3, 0.4) is 0 Å². The van der Waals surface area contributed by atoms with E-state index in [9.17, 15) is 4.79 Å². The maximum Gasteiger partial charge on any atom is 0.277 e. The van der Waals surface area contributed by atoms with Crippen LogP contribution in [0.15, 0.2) is 72.4 Å². The number of imidazole rings is 1. The summed E-state index contributed by atoms with van der Waals surface area (Å²) in [5.74, 6) is 0.155. The molecule has 7 nitrogen and oxygen atoms in total. The number of carbonyl (C=O) groups is 1. The van der Waals surface area contributed by atoms with Crippen molar-refractivity contribution in [1.29, 1.82) is 0 Å². The maximum atomic E-state index is 12.9. The number of para-hydroxylation sites is 3. The number of fused-ring (bicyclic) bond motifs is 1. The first kappa shape index (κ1) is 17.3. The van der Waals surface area contributed by atoms with Crippen molar-refractivity contribution in [2.24, 2.45) is 7.05 Å². The van der Waals surface area contributed by atoms with Crippen molar-refractivity contribution in [3.63, 3.8) is 0 Å². The lowest BCUT2D eigenvalue weighted by Gasteiger charge is -2.09. The van der Waals surface area contributed by atoms with Gasteiger partial charge in [-0.15, -0.1) is 11.3 Å². The second kappa shape index (κ2) is 6.99. The van der Waals surface area contributed by atoms with E-state index in [1.807, 2.05) is 72.4 Å². The molecule has 1 amide bonds. The minimum absolute atomic E-state index is 0.302. The van der Waals surface area contributed by atoms with Crippen LogP contribution in [-0.4, -0.2) is 30.2 Å². The summed E-state index contributed by atoms with van der Waals surface area (Å²) in [6.07, 6.45) is 3.60. The van der Waals surface area contributed by atoms with Crippen molar-refractivity contribution >= 4 is 34.2 Å². The van der Waals surface area contributed by atoms with Crippen molar-refractivity contribution in [2.45, 2.75) is 0 Å². The van der Waals surface area contributed by atoms with Crippen LogP contribution in [0.5, 0.6) is 0 Å². The van der Waals surface area contributed by atoms with Crippen molar-refractivity contribution < 1.29 is 4.79 Å². The number of hydrogen-bond donors (Lipinski definition) is 1. The smallest absolute Gasteiger partial charge is 0.277 e. The van der Waals surface area contributed by atoms with Gasteiger partial charge in [-0.05, 0) is 24.3 Å². The van der Waals surface area contributed by atoms with Gasteiger partial charge >= 0.3 is 0 Å².